The number of allylic oxidation sites excluding steroid dienone is 1. The zero-order valence-electron chi connectivity index (χ0n) is 12.1. The maximum absolute atomic E-state index is 13.1. The van der Waals surface area contributed by atoms with Crippen molar-refractivity contribution in [3.05, 3.63) is 47.8 Å². The molecule has 4 nitrogen and oxygen atoms in total. The van der Waals surface area contributed by atoms with E-state index >= 15 is 0 Å². The minimum Gasteiger partial charge on any atom is -0.268 e. The van der Waals surface area contributed by atoms with Crippen molar-refractivity contribution in [3.8, 4) is 0 Å². The molecule has 0 saturated carbocycles. The molecule has 0 unspecified atom stereocenters. The number of carbonyl (C=O) groups is 2. The Kier molecular flexibility index (Phi) is 5.02. The fourth-order valence-corrected chi connectivity index (χ4v) is 1.57. The van der Waals surface area contributed by atoms with E-state index in [2.05, 4.69) is 5.43 Å². The van der Waals surface area contributed by atoms with Crippen molar-refractivity contribution in [1.82, 2.24) is 10.4 Å². The summed E-state index contributed by atoms with van der Waals surface area (Å²) in [6.45, 7) is 7.09. The van der Waals surface area contributed by atoms with Gasteiger partial charge in [-0.15, -0.1) is 0 Å². The fourth-order valence-electron chi connectivity index (χ4n) is 1.57. The molecule has 1 aromatic rings. The van der Waals surface area contributed by atoms with Crippen LogP contribution < -0.4 is 5.43 Å². The highest BCUT2D eigenvalue weighted by Crippen LogP contribution is 2.12. The third-order valence-electron chi connectivity index (χ3n) is 2.50. The number of rotatable bonds is 2. The van der Waals surface area contributed by atoms with Crippen molar-refractivity contribution in [3.63, 3.8) is 0 Å². The Balaban J connectivity index is 2.96. The molecule has 0 aliphatic rings. The van der Waals surface area contributed by atoms with Crippen molar-refractivity contribution in [2.24, 2.45) is 0 Å². The van der Waals surface area contributed by atoms with Gasteiger partial charge in [-0.1, -0.05) is 12.1 Å². The molecule has 0 saturated heterocycles. The number of hydrogen-bond donors (Lipinski definition) is 1. The van der Waals surface area contributed by atoms with Gasteiger partial charge in [0, 0.05) is 11.6 Å². The van der Waals surface area contributed by atoms with Crippen LogP contribution in [0.25, 0.3) is 0 Å². The van der Waals surface area contributed by atoms with E-state index in [-0.39, 0.29) is 11.5 Å². The van der Waals surface area contributed by atoms with Gasteiger partial charge in [-0.25, -0.2) is 9.40 Å². The van der Waals surface area contributed by atoms with Gasteiger partial charge >= 0.3 is 0 Å². The molecular formula is C15H19FN2O2. The van der Waals surface area contributed by atoms with Crippen LogP contribution in [0.2, 0.25) is 0 Å². The van der Waals surface area contributed by atoms with Crippen LogP contribution in [-0.4, -0.2) is 22.4 Å². The minimum atomic E-state index is -0.598. The Hall–Kier alpha value is -2.17. The monoisotopic (exact) mass is 278 g/mol. The van der Waals surface area contributed by atoms with Crippen LogP contribution in [0.5, 0.6) is 0 Å². The van der Waals surface area contributed by atoms with Crippen molar-refractivity contribution in [2.45, 2.75) is 33.2 Å². The maximum Gasteiger partial charge on any atom is 0.270 e. The Bertz CT molecular complexity index is 533. The topological polar surface area (TPSA) is 49.4 Å². The molecule has 20 heavy (non-hydrogen) atoms. The van der Waals surface area contributed by atoms with E-state index in [1.54, 1.807) is 33.8 Å². The molecule has 1 rings (SSSR count). The molecule has 1 aromatic carbocycles. The number of hydrazine groups is 1. The molecule has 1 N–H and O–H groups in total. The zero-order chi connectivity index (χ0) is 15.3. The second kappa shape index (κ2) is 6.32. The highest BCUT2D eigenvalue weighted by atomic mass is 19.1. The van der Waals surface area contributed by atoms with E-state index < -0.39 is 17.3 Å². The van der Waals surface area contributed by atoms with E-state index in [1.165, 1.54) is 29.3 Å². The second-order valence-electron chi connectivity index (χ2n) is 5.30. The van der Waals surface area contributed by atoms with Gasteiger partial charge in [0.25, 0.3) is 11.8 Å². The van der Waals surface area contributed by atoms with Crippen molar-refractivity contribution in [2.75, 3.05) is 0 Å². The van der Waals surface area contributed by atoms with Crippen LogP contribution >= 0.6 is 0 Å². The molecule has 0 fully saturated rings. The lowest BCUT2D eigenvalue weighted by Crippen LogP contribution is -2.55. The summed E-state index contributed by atoms with van der Waals surface area (Å²) < 4.78 is 13.1. The minimum absolute atomic E-state index is 0.160. The summed E-state index contributed by atoms with van der Waals surface area (Å²) in [5, 5.41) is 1.22. The molecule has 0 aliphatic carbocycles. The lowest BCUT2D eigenvalue weighted by molar-refractivity contribution is -0.133. The standard InChI is InChI=1S/C15H19FN2O2/c1-5-7-13(19)18(15(2,3)4)17-14(20)11-8-6-9-12(16)10-11/h5-10H,1-4H3,(H,17,20)/b7-5-. The molecule has 0 aromatic heterocycles. The molecule has 2 amide bonds. The van der Waals surface area contributed by atoms with E-state index in [0.717, 1.165) is 6.07 Å². The van der Waals surface area contributed by atoms with Crippen molar-refractivity contribution >= 4 is 11.8 Å². The predicted octanol–water partition coefficient (Wildman–Crippen LogP) is 2.67. The first kappa shape index (κ1) is 15.9. The van der Waals surface area contributed by atoms with Gasteiger partial charge in [0.2, 0.25) is 0 Å². The number of hydrogen-bond acceptors (Lipinski definition) is 2. The van der Waals surface area contributed by atoms with Crippen LogP contribution in [0.3, 0.4) is 0 Å². The number of halogens is 1. The summed E-state index contributed by atoms with van der Waals surface area (Å²) in [7, 11) is 0. The average Bonchev–Trinajstić information content (AvgIpc) is 2.34. The SMILES string of the molecule is C/C=C\C(=O)N(NC(=O)c1cccc(F)c1)C(C)(C)C. The second-order valence-corrected chi connectivity index (χ2v) is 5.30. The van der Waals surface area contributed by atoms with Crippen LogP contribution in [-0.2, 0) is 4.79 Å². The number of benzene rings is 1. The van der Waals surface area contributed by atoms with Crippen LogP contribution in [0, 0.1) is 5.82 Å². The Labute approximate surface area is 118 Å². The van der Waals surface area contributed by atoms with E-state index in [4.69, 9.17) is 0 Å². The lowest BCUT2D eigenvalue weighted by atomic mass is 10.1. The average molecular weight is 278 g/mol. The summed E-state index contributed by atoms with van der Waals surface area (Å²) in [4.78, 5) is 24.0. The van der Waals surface area contributed by atoms with Gasteiger partial charge in [0.15, 0.2) is 0 Å². The largest absolute Gasteiger partial charge is 0.270 e. The fraction of sp³-hybridized carbons (Fsp3) is 0.333. The molecule has 5 heteroatoms. The van der Waals surface area contributed by atoms with Gasteiger partial charge in [-0.3, -0.25) is 15.0 Å². The van der Waals surface area contributed by atoms with E-state index in [1.807, 2.05) is 0 Å². The molecule has 108 valence electrons. The molecule has 0 atom stereocenters. The normalized spacial score (nSPS) is 11.4. The van der Waals surface area contributed by atoms with Gasteiger partial charge in [-0.05, 0) is 45.9 Å². The van der Waals surface area contributed by atoms with E-state index in [9.17, 15) is 14.0 Å². The molecule has 0 aliphatic heterocycles. The third-order valence-corrected chi connectivity index (χ3v) is 2.50. The number of amides is 2. The maximum atomic E-state index is 13.1. The summed E-state index contributed by atoms with van der Waals surface area (Å²) >= 11 is 0. The summed E-state index contributed by atoms with van der Waals surface area (Å²) in [5.74, 6) is -1.37. The molecular weight excluding hydrogens is 259 g/mol. The van der Waals surface area contributed by atoms with Gasteiger partial charge in [-0.2, -0.15) is 0 Å². The highest BCUT2D eigenvalue weighted by molar-refractivity contribution is 5.97. The Morgan fingerprint density at radius 1 is 1.30 bits per heavy atom. The van der Waals surface area contributed by atoms with Crippen LogP contribution in [0.15, 0.2) is 36.4 Å². The first-order valence-electron chi connectivity index (χ1n) is 6.29. The first-order valence-corrected chi connectivity index (χ1v) is 6.29. The Morgan fingerprint density at radius 3 is 2.45 bits per heavy atom. The highest BCUT2D eigenvalue weighted by Gasteiger charge is 2.27. The predicted molar refractivity (Wildman–Crippen MR) is 75.3 cm³/mol. The Morgan fingerprint density at radius 2 is 1.95 bits per heavy atom. The zero-order valence-corrected chi connectivity index (χ0v) is 12.1. The smallest absolute Gasteiger partial charge is 0.268 e. The van der Waals surface area contributed by atoms with Crippen LogP contribution in [0.4, 0.5) is 4.39 Å². The lowest BCUT2D eigenvalue weighted by Gasteiger charge is -2.34. The summed E-state index contributed by atoms with van der Waals surface area (Å²) in [5.41, 5.74) is 2.07. The molecule has 0 bridgehead atoms. The number of nitrogens with zero attached hydrogens (tertiary/aromatic N) is 1. The summed E-state index contributed by atoms with van der Waals surface area (Å²) in [6, 6.07) is 5.30. The van der Waals surface area contributed by atoms with Crippen molar-refractivity contribution in [1.29, 1.82) is 0 Å². The van der Waals surface area contributed by atoms with Gasteiger partial charge in [0.05, 0.1) is 5.54 Å². The quantitative estimate of drug-likeness (QED) is 0.668. The molecule has 0 spiro atoms. The third kappa shape index (κ3) is 4.19. The first-order chi connectivity index (χ1) is 9.25. The van der Waals surface area contributed by atoms with Crippen molar-refractivity contribution < 1.29 is 14.0 Å². The number of carbonyl (C=O) groups excluding carboxylic acids is 2. The number of nitrogens with one attached hydrogen (secondary N) is 1. The molecule has 0 heterocycles. The summed E-state index contributed by atoms with van der Waals surface area (Å²) in [6.07, 6.45) is 2.95. The van der Waals surface area contributed by atoms with Gasteiger partial charge in [0.1, 0.15) is 5.82 Å². The van der Waals surface area contributed by atoms with Gasteiger partial charge < -0.3 is 0 Å². The molecule has 0 radical (unpaired) electrons. The van der Waals surface area contributed by atoms with E-state index in [0.29, 0.717) is 0 Å². The van der Waals surface area contributed by atoms with Crippen LogP contribution in [0.1, 0.15) is 38.1 Å².